The number of carbonyl (C=O) groups excluding carboxylic acids is 1. The van der Waals surface area contributed by atoms with Crippen LogP contribution in [0.15, 0.2) is 11.6 Å². The maximum atomic E-state index is 10.3. The Morgan fingerprint density at radius 2 is 2.00 bits per heavy atom. The second-order valence-corrected chi connectivity index (χ2v) is 2.74. The lowest BCUT2D eigenvalue weighted by Crippen LogP contribution is -2.26. The topological polar surface area (TPSA) is 38.3 Å². The van der Waals surface area contributed by atoms with E-state index in [1.165, 1.54) is 12.5 Å². The highest BCUT2D eigenvalue weighted by Crippen LogP contribution is 1.93. The summed E-state index contributed by atoms with van der Waals surface area (Å²) in [4.78, 5) is 14.9. The van der Waals surface area contributed by atoms with Crippen molar-refractivity contribution in [3.05, 3.63) is 11.6 Å². The number of hydrogen-bond acceptors (Lipinski definition) is 3. The first-order valence-corrected chi connectivity index (χ1v) is 3.60. The molecule has 0 aliphatic rings. The van der Waals surface area contributed by atoms with Crippen molar-refractivity contribution in [1.29, 1.82) is 0 Å². The van der Waals surface area contributed by atoms with Crippen LogP contribution in [0.5, 0.6) is 0 Å². The van der Waals surface area contributed by atoms with E-state index in [4.69, 9.17) is 0 Å². The third-order valence-corrected chi connectivity index (χ3v) is 0.972. The third kappa shape index (κ3) is 7.06. The van der Waals surface area contributed by atoms with Crippen LogP contribution >= 0.6 is 0 Å². The second kappa shape index (κ2) is 4.91. The fraction of sp³-hybridized carbons (Fsp3) is 0.625. The summed E-state index contributed by atoms with van der Waals surface area (Å²) in [5.41, 5.74) is 3.78. The Balaban J connectivity index is 3.61. The van der Waals surface area contributed by atoms with Crippen molar-refractivity contribution >= 4 is 5.97 Å². The van der Waals surface area contributed by atoms with Gasteiger partial charge in [-0.25, -0.2) is 0 Å². The molecule has 0 aromatic carbocycles. The van der Waals surface area contributed by atoms with E-state index >= 15 is 0 Å². The number of hydrogen-bond donors (Lipinski definition) is 1. The summed E-state index contributed by atoms with van der Waals surface area (Å²) in [5, 5.41) is 0. The van der Waals surface area contributed by atoms with Gasteiger partial charge >= 0.3 is 5.97 Å². The third-order valence-electron chi connectivity index (χ3n) is 0.972. The number of hydroxylamine groups is 1. The van der Waals surface area contributed by atoms with Crippen LogP contribution in [0.2, 0.25) is 0 Å². The summed E-state index contributed by atoms with van der Waals surface area (Å²) < 4.78 is 0. The molecule has 3 heteroatoms. The molecule has 11 heavy (non-hydrogen) atoms. The molecule has 0 saturated carbocycles. The maximum absolute atomic E-state index is 10.3. The van der Waals surface area contributed by atoms with Crippen LogP contribution in [0.1, 0.15) is 27.7 Å². The molecule has 3 nitrogen and oxygen atoms in total. The molecular weight excluding hydrogens is 142 g/mol. The SMILES string of the molecule is CC(=O)ONC(C)C=C(C)C. The first kappa shape index (κ1) is 10.2. The van der Waals surface area contributed by atoms with E-state index in [-0.39, 0.29) is 12.0 Å². The molecule has 0 amide bonds. The van der Waals surface area contributed by atoms with Gasteiger partial charge in [0.2, 0.25) is 0 Å². The fourth-order valence-corrected chi connectivity index (χ4v) is 0.710. The number of carbonyl (C=O) groups is 1. The number of nitrogens with one attached hydrogen (secondary N) is 1. The predicted molar refractivity (Wildman–Crippen MR) is 43.8 cm³/mol. The van der Waals surface area contributed by atoms with E-state index in [1.807, 2.05) is 26.8 Å². The second-order valence-electron chi connectivity index (χ2n) is 2.74. The Kier molecular flexibility index (Phi) is 4.54. The quantitative estimate of drug-likeness (QED) is 0.497. The molecule has 0 aliphatic carbocycles. The van der Waals surface area contributed by atoms with Gasteiger partial charge in [0, 0.05) is 6.92 Å². The lowest BCUT2D eigenvalue weighted by Gasteiger charge is -2.07. The van der Waals surface area contributed by atoms with Crippen LogP contribution in [0.25, 0.3) is 0 Å². The van der Waals surface area contributed by atoms with Crippen molar-refractivity contribution in [3.8, 4) is 0 Å². The minimum absolute atomic E-state index is 0.0731. The summed E-state index contributed by atoms with van der Waals surface area (Å²) >= 11 is 0. The molecule has 0 bridgehead atoms. The molecule has 0 aliphatic heterocycles. The Hall–Kier alpha value is -0.830. The van der Waals surface area contributed by atoms with Gasteiger partial charge in [-0.1, -0.05) is 11.6 Å². The predicted octanol–water partition coefficient (Wildman–Crippen LogP) is 1.41. The van der Waals surface area contributed by atoms with Crippen molar-refractivity contribution in [3.63, 3.8) is 0 Å². The maximum Gasteiger partial charge on any atom is 0.321 e. The molecule has 0 aromatic heterocycles. The van der Waals surface area contributed by atoms with Crippen molar-refractivity contribution in [2.24, 2.45) is 0 Å². The van der Waals surface area contributed by atoms with Gasteiger partial charge in [0.15, 0.2) is 0 Å². The lowest BCUT2D eigenvalue weighted by molar-refractivity contribution is -0.149. The van der Waals surface area contributed by atoms with Gasteiger partial charge < -0.3 is 4.84 Å². The Morgan fingerprint density at radius 1 is 1.45 bits per heavy atom. The van der Waals surface area contributed by atoms with E-state index < -0.39 is 0 Å². The molecule has 0 fully saturated rings. The van der Waals surface area contributed by atoms with Gasteiger partial charge in [-0.3, -0.25) is 4.79 Å². The average molecular weight is 157 g/mol. The van der Waals surface area contributed by atoms with E-state index in [2.05, 4.69) is 10.3 Å². The van der Waals surface area contributed by atoms with Crippen molar-refractivity contribution in [1.82, 2.24) is 5.48 Å². The molecule has 0 rings (SSSR count). The zero-order valence-electron chi connectivity index (χ0n) is 7.47. The zero-order valence-corrected chi connectivity index (χ0v) is 7.47. The van der Waals surface area contributed by atoms with Gasteiger partial charge in [0.1, 0.15) is 0 Å². The Bertz CT molecular complexity index is 159. The summed E-state index contributed by atoms with van der Waals surface area (Å²) in [6.07, 6.45) is 1.98. The molecule has 0 aromatic rings. The first-order chi connectivity index (χ1) is 5.02. The normalized spacial score (nSPS) is 12.0. The van der Waals surface area contributed by atoms with E-state index in [0.717, 1.165) is 0 Å². The van der Waals surface area contributed by atoms with Crippen LogP contribution in [-0.4, -0.2) is 12.0 Å². The highest BCUT2D eigenvalue weighted by molar-refractivity contribution is 5.65. The largest absolute Gasteiger partial charge is 0.370 e. The molecular formula is C8H15NO2. The molecule has 1 atom stereocenters. The van der Waals surface area contributed by atoms with Crippen LogP contribution in [0, 0.1) is 0 Å². The lowest BCUT2D eigenvalue weighted by atomic mass is 10.2. The van der Waals surface area contributed by atoms with Crippen LogP contribution in [0.3, 0.4) is 0 Å². The highest BCUT2D eigenvalue weighted by atomic mass is 16.7. The molecule has 64 valence electrons. The summed E-state index contributed by atoms with van der Waals surface area (Å²) in [6.45, 7) is 7.26. The van der Waals surface area contributed by atoms with E-state index in [1.54, 1.807) is 0 Å². The van der Waals surface area contributed by atoms with Gasteiger partial charge in [-0.05, 0) is 20.8 Å². The van der Waals surface area contributed by atoms with E-state index in [0.29, 0.717) is 0 Å². The summed E-state index contributed by atoms with van der Waals surface area (Å²) in [7, 11) is 0. The Morgan fingerprint density at radius 3 is 2.36 bits per heavy atom. The molecule has 0 heterocycles. The van der Waals surface area contributed by atoms with Crippen molar-refractivity contribution in [2.75, 3.05) is 0 Å². The van der Waals surface area contributed by atoms with Crippen LogP contribution < -0.4 is 5.48 Å². The average Bonchev–Trinajstić information content (AvgIpc) is 1.82. The summed E-state index contributed by atoms with van der Waals surface area (Å²) in [5.74, 6) is -0.320. The molecule has 0 radical (unpaired) electrons. The molecule has 1 N–H and O–H groups in total. The highest BCUT2D eigenvalue weighted by Gasteiger charge is 1.97. The number of rotatable bonds is 3. The van der Waals surface area contributed by atoms with Gasteiger partial charge in [0.05, 0.1) is 6.04 Å². The first-order valence-electron chi connectivity index (χ1n) is 3.60. The standard InChI is InChI=1S/C8H15NO2/c1-6(2)5-7(3)9-11-8(4)10/h5,7,9H,1-4H3. The van der Waals surface area contributed by atoms with Crippen molar-refractivity contribution in [2.45, 2.75) is 33.7 Å². The fourth-order valence-electron chi connectivity index (χ4n) is 0.710. The zero-order chi connectivity index (χ0) is 8.85. The van der Waals surface area contributed by atoms with Gasteiger partial charge in [-0.2, -0.15) is 0 Å². The van der Waals surface area contributed by atoms with Crippen LogP contribution in [0.4, 0.5) is 0 Å². The van der Waals surface area contributed by atoms with Gasteiger partial charge in [-0.15, -0.1) is 5.48 Å². The minimum atomic E-state index is -0.320. The summed E-state index contributed by atoms with van der Waals surface area (Å²) in [6, 6.07) is 0.0731. The van der Waals surface area contributed by atoms with Crippen LogP contribution in [-0.2, 0) is 9.63 Å². The monoisotopic (exact) mass is 157 g/mol. The van der Waals surface area contributed by atoms with Gasteiger partial charge in [0.25, 0.3) is 0 Å². The molecule has 1 unspecified atom stereocenters. The minimum Gasteiger partial charge on any atom is -0.370 e. The molecule has 0 spiro atoms. The number of allylic oxidation sites excluding steroid dienone is 1. The smallest absolute Gasteiger partial charge is 0.321 e. The van der Waals surface area contributed by atoms with E-state index in [9.17, 15) is 4.79 Å². The molecule has 0 saturated heterocycles. The van der Waals surface area contributed by atoms with Crippen molar-refractivity contribution < 1.29 is 9.63 Å². The Labute approximate surface area is 67.4 Å².